The highest BCUT2D eigenvalue weighted by molar-refractivity contribution is 14.0. The van der Waals surface area contributed by atoms with Gasteiger partial charge in [0.05, 0.1) is 5.69 Å². The fourth-order valence-corrected chi connectivity index (χ4v) is 3.42. The summed E-state index contributed by atoms with van der Waals surface area (Å²) in [7, 11) is 1.63. The van der Waals surface area contributed by atoms with Crippen LogP contribution in [0.1, 0.15) is 12.0 Å². The summed E-state index contributed by atoms with van der Waals surface area (Å²) in [4.78, 5) is 6.17. The van der Waals surface area contributed by atoms with E-state index in [0.29, 0.717) is 31.3 Å². The molecule has 1 unspecified atom stereocenters. The lowest BCUT2D eigenvalue weighted by Gasteiger charge is -2.22. The van der Waals surface area contributed by atoms with Gasteiger partial charge < -0.3 is 25.0 Å². The van der Waals surface area contributed by atoms with Crippen molar-refractivity contribution in [1.82, 2.24) is 10.6 Å². The number of hydrogen-bond acceptors (Lipinski definition) is 4. The Hall–Kier alpha value is -2.44. The van der Waals surface area contributed by atoms with Crippen molar-refractivity contribution in [2.24, 2.45) is 4.99 Å². The maximum atomic E-state index is 12.7. The second kappa shape index (κ2) is 12.6. The SMILES string of the molecule is CN=C(NCc1cccc(OC(F)F)c1)NC1CCN(c2ccccc2OC(F)F)C1.I. The van der Waals surface area contributed by atoms with Gasteiger partial charge in [0.2, 0.25) is 0 Å². The van der Waals surface area contributed by atoms with Crippen LogP contribution in [0.25, 0.3) is 0 Å². The molecule has 0 aliphatic carbocycles. The average Bonchev–Trinajstić information content (AvgIpc) is 3.19. The van der Waals surface area contributed by atoms with Gasteiger partial charge in [0.1, 0.15) is 11.5 Å². The molecule has 6 nitrogen and oxygen atoms in total. The van der Waals surface area contributed by atoms with E-state index >= 15 is 0 Å². The number of nitrogens with one attached hydrogen (secondary N) is 2. The number of para-hydroxylation sites is 2. The first kappa shape index (κ1) is 25.8. The monoisotopic (exact) mass is 568 g/mol. The molecule has 0 bridgehead atoms. The molecule has 0 radical (unpaired) electrons. The van der Waals surface area contributed by atoms with Crippen LogP contribution >= 0.6 is 24.0 Å². The molecular formula is C21H25F4IN4O2. The summed E-state index contributed by atoms with van der Waals surface area (Å²) in [6.07, 6.45) is 0.779. The number of benzene rings is 2. The Bertz CT molecular complexity index is 888. The van der Waals surface area contributed by atoms with E-state index in [1.807, 2.05) is 4.90 Å². The lowest BCUT2D eigenvalue weighted by Crippen LogP contribution is -2.44. The Morgan fingerprint density at radius 1 is 1.09 bits per heavy atom. The van der Waals surface area contributed by atoms with E-state index in [1.54, 1.807) is 37.4 Å². The predicted molar refractivity (Wildman–Crippen MR) is 126 cm³/mol. The number of anilines is 1. The highest BCUT2D eigenvalue weighted by atomic mass is 127. The van der Waals surface area contributed by atoms with Crippen molar-refractivity contribution in [3.63, 3.8) is 0 Å². The summed E-state index contributed by atoms with van der Waals surface area (Å²) in [6, 6.07) is 13.2. The van der Waals surface area contributed by atoms with Gasteiger partial charge in [-0.1, -0.05) is 24.3 Å². The van der Waals surface area contributed by atoms with Crippen molar-refractivity contribution in [2.45, 2.75) is 32.2 Å². The molecule has 2 N–H and O–H groups in total. The lowest BCUT2D eigenvalue weighted by atomic mass is 10.2. The number of guanidine groups is 1. The van der Waals surface area contributed by atoms with E-state index in [0.717, 1.165) is 12.0 Å². The van der Waals surface area contributed by atoms with E-state index in [9.17, 15) is 17.6 Å². The molecular weight excluding hydrogens is 543 g/mol. The maximum absolute atomic E-state index is 12.7. The van der Waals surface area contributed by atoms with Crippen molar-refractivity contribution in [3.05, 3.63) is 54.1 Å². The summed E-state index contributed by atoms with van der Waals surface area (Å²) in [6.45, 7) is -4.14. The molecule has 11 heteroatoms. The number of hydrogen-bond donors (Lipinski definition) is 2. The number of ether oxygens (including phenoxy) is 2. The second-order valence-electron chi connectivity index (χ2n) is 6.87. The minimum absolute atomic E-state index is 0. The third-order valence-electron chi connectivity index (χ3n) is 4.76. The molecule has 0 amide bonds. The molecule has 176 valence electrons. The topological polar surface area (TPSA) is 58.1 Å². The van der Waals surface area contributed by atoms with Gasteiger partial charge >= 0.3 is 13.2 Å². The number of nitrogens with zero attached hydrogens (tertiary/aromatic N) is 2. The van der Waals surface area contributed by atoms with E-state index in [1.165, 1.54) is 18.2 Å². The Morgan fingerprint density at radius 2 is 1.84 bits per heavy atom. The highest BCUT2D eigenvalue weighted by Gasteiger charge is 2.26. The zero-order chi connectivity index (χ0) is 22.2. The molecule has 2 aromatic rings. The Morgan fingerprint density at radius 3 is 2.56 bits per heavy atom. The van der Waals surface area contributed by atoms with Crippen molar-refractivity contribution in [3.8, 4) is 11.5 Å². The fourth-order valence-electron chi connectivity index (χ4n) is 3.42. The third kappa shape index (κ3) is 7.61. The molecule has 0 saturated carbocycles. The highest BCUT2D eigenvalue weighted by Crippen LogP contribution is 2.31. The maximum Gasteiger partial charge on any atom is 0.387 e. The van der Waals surface area contributed by atoms with Crippen molar-refractivity contribution >= 4 is 35.6 Å². The normalized spacial score (nSPS) is 16.2. The zero-order valence-electron chi connectivity index (χ0n) is 17.3. The van der Waals surface area contributed by atoms with Gasteiger partial charge in [-0.25, -0.2) is 0 Å². The van der Waals surface area contributed by atoms with Gasteiger partial charge in [-0.15, -0.1) is 24.0 Å². The number of rotatable bonds is 8. The minimum Gasteiger partial charge on any atom is -0.435 e. The molecule has 1 saturated heterocycles. The third-order valence-corrected chi connectivity index (χ3v) is 4.76. The van der Waals surface area contributed by atoms with Crippen molar-refractivity contribution < 1.29 is 27.0 Å². The van der Waals surface area contributed by atoms with Crippen LogP contribution in [0.15, 0.2) is 53.5 Å². The summed E-state index contributed by atoms with van der Waals surface area (Å²) < 4.78 is 59.1. The first-order chi connectivity index (χ1) is 14.9. The first-order valence-electron chi connectivity index (χ1n) is 9.74. The average molecular weight is 568 g/mol. The molecule has 2 aromatic carbocycles. The van der Waals surface area contributed by atoms with Crippen LogP contribution in [0, 0.1) is 0 Å². The van der Waals surface area contributed by atoms with Crippen LogP contribution in [0.2, 0.25) is 0 Å². The predicted octanol–water partition coefficient (Wildman–Crippen LogP) is 4.45. The van der Waals surface area contributed by atoms with Crippen LogP contribution < -0.4 is 25.0 Å². The molecule has 1 atom stereocenters. The van der Waals surface area contributed by atoms with Gasteiger partial charge in [0, 0.05) is 32.7 Å². The number of alkyl halides is 4. The molecule has 0 aromatic heterocycles. The molecule has 0 spiro atoms. The largest absolute Gasteiger partial charge is 0.435 e. The molecule has 1 aliphatic rings. The zero-order valence-corrected chi connectivity index (χ0v) is 19.6. The Kier molecular flexibility index (Phi) is 10.1. The number of aliphatic imine (C=N–C) groups is 1. The number of halogens is 5. The van der Waals surface area contributed by atoms with E-state index in [4.69, 9.17) is 0 Å². The van der Waals surface area contributed by atoms with Gasteiger partial charge in [-0.05, 0) is 36.2 Å². The van der Waals surface area contributed by atoms with E-state index in [-0.39, 0.29) is 41.5 Å². The van der Waals surface area contributed by atoms with Gasteiger partial charge in [0.25, 0.3) is 0 Å². The van der Waals surface area contributed by atoms with Gasteiger partial charge in [-0.2, -0.15) is 17.6 Å². The molecule has 1 heterocycles. The van der Waals surface area contributed by atoms with Crippen LogP contribution in [-0.4, -0.2) is 45.4 Å². The minimum atomic E-state index is -2.88. The van der Waals surface area contributed by atoms with Crippen molar-refractivity contribution in [2.75, 3.05) is 25.0 Å². The first-order valence-corrected chi connectivity index (χ1v) is 9.74. The van der Waals surface area contributed by atoms with Crippen LogP contribution in [-0.2, 0) is 6.54 Å². The van der Waals surface area contributed by atoms with Crippen LogP contribution in [0.5, 0.6) is 11.5 Å². The summed E-state index contributed by atoms with van der Waals surface area (Å²) >= 11 is 0. The van der Waals surface area contributed by atoms with Crippen molar-refractivity contribution in [1.29, 1.82) is 0 Å². The lowest BCUT2D eigenvalue weighted by molar-refractivity contribution is -0.0504. The van der Waals surface area contributed by atoms with Gasteiger partial charge in [-0.3, -0.25) is 4.99 Å². The van der Waals surface area contributed by atoms with Crippen LogP contribution in [0.4, 0.5) is 23.2 Å². The molecule has 3 rings (SSSR count). The molecule has 32 heavy (non-hydrogen) atoms. The Labute approximate surface area is 201 Å². The van der Waals surface area contributed by atoms with Gasteiger partial charge in [0.15, 0.2) is 5.96 Å². The summed E-state index contributed by atoms with van der Waals surface area (Å²) in [5, 5.41) is 6.44. The standard InChI is InChI=1S/C21H24F4N4O2.HI/c1-26-21(27-12-14-5-4-6-16(11-14)30-19(22)23)28-15-9-10-29(13-15)17-7-2-3-8-18(17)31-20(24)25;/h2-8,11,15,19-20H,9-10,12-13H2,1H3,(H2,26,27,28);1H. The Balaban J connectivity index is 0.00000363. The summed E-state index contributed by atoms with van der Waals surface area (Å²) in [5.41, 5.74) is 1.37. The van der Waals surface area contributed by atoms with E-state index in [2.05, 4.69) is 25.1 Å². The van der Waals surface area contributed by atoms with E-state index < -0.39 is 13.2 Å². The second-order valence-corrected chi connectivity index (χ2v) is 6.87. The fraction of sp³-hybridized carbons (Fsp3) is 0.381. The van der Waals surface area contributed by atoms with Crippen LogP contribution in [0.3, 0.4) is 0 Å². The molecule has 1 fully saturated rings. The molecule has 1 aliphatic heterocycles. The smallest absolute Gasteiger partial charge is 0.387 e. The summed E-state index contributed by atoms with van der Waals surface area (Å²) in [5.74, 6) is 0.782. The quantitative estimate of drug-likeness (QED) is 0.214.